The van der Waals surface area contributed by atoms with Gasteiger partial charge in [-0.25, -0.2) is 14.6 Å². The van der Waals surface area contributed by atoms with E-state index >= 15 is 0 Å². The number of hydrogen-bond donors (Lipinski definition) is 0. The molecule has 0 fully saturated rings. The molecule has 0 aromatic carbocycles. The summed E-state index contributed by atoms with van der Waals surface area (Å²) in [5.74, 6) is -1.56. The molecule has 0 bridgehead atoms. The molecule has 1 heterocycles. The highest BCUT2D eigenvalue weighted by Crippen LogP contribution is 2.09. The SMILES string of the molecule is CCCOC(=O)C(=Nc1cccnc1)C(=O)OCCC. The Balaban J connectivity index is 2.91. The largest absolute Gasteiger partial charge is 0.461 e. The highest BCUT2D eigenvalue weighted by atomic mass is 16.6. The number of aliphatic imine (C=N–C) groups is 1. The molecule has 0 unspecified atom stereocenters. The molecule has 0 saturated heterocycles. The highest BCUT2D eigenvalue weighted by molar-refractivity contribution is 6.63. The summed E-state index contributed by atoms with van der Waals surface area (Å²) < 4.78 is 9.87. The van der Waals surface area contributed by atoms with Crippen LogP contribution in [0.3, 0.4) is 0 Å². The molecule has 0 amide bonds. The maximum atomic E-state index is 11.8. The summed E-state index contributed by atoms with van der Waals surface area (Å²) in [5.41, 5.74) is 0.0318. The van der Waals surface area contributed by atoms with Crippen molar-refractivity contribution in [3.05, 3.63) is 24.5 Å². The number of aromatic nitrogens is 1. The third-order valence-electron chi connectivity index (χ3n) is 2.15. The fraction of sp³-hybridized carbons (Fsp3) is 0.429. The van der Waals surface area contributed by atoms with Gasteiger partial charge in [0.15, 0.2) is 0 Å². The lowest BCUT2D eigenvalue weighted by Crippen LogP contribution is -2.28. The van der Waals surface area contributed by atoms with Gasteiger partial charge in [-0.15, -0.1) is 0 Å². The van der Waals surface area contributed by atoms with Crippen molar-refractivity contribution in [2.75, 3.05) is 13.2 Å². The number of rotatable bonds is 7. The standard InChI is InChI=1S/C14H18N2O4/c1-3-8-19-13(17)12(14(18)20-9-4-2)16-11-6-5-7-15-10-11/h5-7,10H,3-4,8-9H2,1-2H3. The van der Waals surface area contributed by atoms with Gasteiger partial charge in [-0.1, -0.05) is 13.8 Å². The van der Waals surface area contributed by atoms with E-state index in [0.29, 0.717) is 18.5 Å². The zero-order valence-corrected chi connectivity index (χ0v) is 11.7. The van der Waals surface area contributed by atoms with Crippen molar-refractivity contribution in [3.8, 4) is 0 Å². The van der Waals surface area contributed by atoms with Gasteiger partial charge < -0.3 is 9.47 Å². The molecule has 0 radical (unpaired) electrons. The van der Waals surface area contributed by atoms with E-state index in [2.05, 4.69) is 9.98 Å². The zero-order valence-electron chi connectivity index (χ0n) is 11.7. The molecule has 6 nitrogen and oxygen atoms in total. The van der Waals surface area contributed by atoms with Gasteiger partial charge >= 0.3 is 11.9 Å². The van der Waals surface area contributed by atoms with E-state index in [0.717, 1.165) is 0 Å². The molecule has 1 rings (SSSR count). The van der Waals surface area contributed by atoms with Crippen LogP contribution in [-0.4, -0.2) is 35.8 Å². The first kappa shape index (κ1) is 15.8. The van der Waals surface area contributed by atoms with Crippen LogP contribution in [0.2, 0.25) is 0 Å². The Morgan fingerprint density at radius 1 is 1.15 bits per heavy atom. The number of ether oxygens (including phenoxy) is 2. The Hall–Kier alpha value is -2.24. The minimum absolute atomic E-state index is 0.228. The first-order chi connectivity index (χ1) is 9.69. The molecule has 0 aliphatic rings. The lowest BCUT2D eigenvalue weighted by Gasteiger charge is -2.06. The van der Waals surface area contributed by atoms with E-state index in [4.69, 9.17) is 9.47 Å². The molecule has 1 aromatic heterocycles. The van der Waals surface area contributed by atoms with Gasteiger partial charge in [-0.05, 0) is 25.0 Å². The summed E-state index contributed by atoms with van der Waals surface area (Å²) >= 11 is 0. The number of nitrogens with zero attached hydrogens (tertiary/aromatic N) is 2. The third kappa shape index (κ3) is 5.17. The second-order valence-electron chi connectivity index (χ2n) is 3.94. The van der Waals surface area contributed by atoms with Crippen LogP contribution in [0, 0.1) is 0 Å². The summed E-state index contributed by atoms with van der Waals surface area (Å²) in [6, 6.07) is 3.29. The first-order valence-corrected chi connectivity index (χ1v) is 6.52. The van der Waals surface area contributed by atoms with Crippen LogP contribution >= 0.6 is 0 Å². The van der Waals surface area contributed by atoms with Gasteiger partial charge in [0, 0.05) is 6.20 Å². The number of hydrogen-bond acceptors (Lipinski definition) is 6. The average Bonchev–Trinajstić information content (AvgIpc) is 2.48. The normalized spacial score (nSPS) is 9.70. The van der Waals surface area contributed by atoms with Crippen LogP contribution in [0.15, 0.2) is 29.5 Å². The minimum atomic E-state index is -0.781. The lowest BCUT2D eigenvalue weighted by molar-refractivity contribution is -0.141. The van der Waals surface area contributed by atoms with E-state index < -0.39 is 11.9 Å². The van der Waals surface area contributed by atoms with Crippen LogP contribution in [0.4, 0.5) is 5.69 Å². The van der Waals surface area contributed by atoms with E-state index in [1.165, 1.54) is 6.20 Å². The van der Waals surface area contributed by atoms with Gasteiger partial charge in [0.2, 0.25) is 5.71 Å². The molecule has 1 aromatic rings. The minimum Gasteiger partial charge on any atom is -0.461 e. The monoisotopic (exact) mass is 278 g/mol. The Morgan fingerprint density at radius 3 is 2.20 bits per heavy atom. The van der Waals surface area contributed by atoms with Crippen molar-refractivity contribution in [1.82, 2.24) is 4.98 Å². The maximum Gasteiger partial charge on any atom is 0.364 e. The second-order valence-corrected chi connectivity index (χ2v) is 3.94. The van der Waals surface area contributed by atoms with Gasteiger partial charge in [0.05, 0.1) is 25.1 Å². The molecule has 0 aliphatic carbocycles. The van der Waals surface area contributed by atoms with Crippen molar-refractivity contribution in [2.24, 2.45) is 4.99 Å². The quantitative estimate of drug-likeness (QED) is 0.433. The van der Waals surface area contributed by atoms with Gasteiger partial charge in [-0.3, -0.25) is 4.98 Å². The van der Waals surface area contributed by atoms with Gasteiger partial charge in [0.25, 0.3) is 0 Å². The van der Waals surface area contributed by atoms with Crippen LogP contribution in [0.5, 0.6) is 0 Å². The lowest BCUT2D eigenvalue weighted by atomic mass is 10.3. The smallest absolute Gasteiger partial charge is 0.364 e. The molecular weight excluding hydrogens is 260 g/mol. The fourth-order valence-corrected chi connectivity index (χ4v) is 1.25. The van der Waals surface area contributed by atoms with Crippen molar-refractivity contribution in [2.45, 2.75) is 26.7 Å². The van der Waals surface area contributed by atoms with Crippen LogP contribution in [0.25, 0.3) is 0 Å². The Labute approximate surface area is 117 Å². The summed E-state index contributed by atoms with van der Waals surface area (Å²) in [4.78, 5) is 31.5. The topological polar surface area (TPSA) is 77.9 Å². The van der Waals surface area contributed by atoms with Crippen molar-refractivity contribution in [3.63, 3.8) is 0 Å². The average molecular weight is 278 g/mol. The molecule has 0 atom stereocenters. The Kier molecular flexibility index (Phi) is 6.95. The summed E-state index contributed by atoms with van der Waals surface area (Å²) in [6.45, 7) is 4.18. The second kappa shape index (κ2) is 8.79. The summed E-state index contributed by atoms with van der Waals surface area (Å²) in [6.07, 6.45) is 4.34. The summed E-state index contributed by atoms with van der Waals surface area (Å²) in [5, 5.41) is 0. The predicted octanol–water partition coefficient (Wildman–Crippen LogP) is 2.06. The summed E-state index contributed by atoms with van der Waals surface area (Å²) in [7, 11) is 0. The van der Waals surface area contributed by atoms with Crippen molar-refractivity contribution < 1.29 is 19.1 Å². The van der Waals surface area contributed by atoms with E-state index in [9.17, 15) is 9.59 Å². The molecule has 0 spiro atoms. The maximum absolute atomic E-state index is 11.8. The van der Waals surface area contributed by atoms with Crippen LogP contribution < -0.4 is 0 Å². The molecular formula is C14H18N2O4. The number of esters is 2. The third-order valence-corrected chi connectivity index (χ3v) is 2.15. The number of carbonyl (C=O) groups excluding carboxylic acids is 2. The van der Waals surface area contributed by atoms with Crippen molar-refractivity contribution >= 4 is 23.3 Å². The van der Waals surface area contributed by atoms with E-state index in [1.54, 1.807) is 18.3 Å². The van der Waals surface area contributed by atoms with Crippen molar-refractivity contribution in [1.29, 1.82) is 0 Å². The number of pyridine rings is 1. The number of carbonyl (C=O) groups is 2. The predicted molar refractivity (Wildman–Crippen MR) is 73.8 cm³/mol. The van der Waals surface area contributed by atoms with E-state index in [-0.39, 0.29) is 18.9 Å². The van der Waals surface area contributed by atoms with E-state index in [1.807, 2.05) is 13.8 Å². The highest BCUT2D eigenvalue weighted by Gasteiger charge is 2.23. The van der Waals surface area contributed by atoms with Crippen LogP contribution in [0.1, 0.15) is 26.7 Å². The first-order valence-electron chi connectivity index (χ1n) is 6.52. The molecule has 0 aliphatic heterocycles. The zero-order chi connectivity index (χ0) is 14.8. The van der Waals surface area contributed by atoms with Gasteiger partial charge in [0.1, 0.15) is 0 Å². The molecule has 108 valence electrons. The molecule has 0 saturated carbocycles. The molecule has 6 heteroatoms. The molecule has 20 heavy (non-hydrogen) atoms. The van der Waals surface area contributed by atoms with Crippen LogP contribution in [-0.2, 0) is 19.1 Å². The molecule has 0 N–H and O–H groups in total. The fourth-order valence-electron chi connectivity index (χ4n) is 1.25. The van der Waals surface area contributed by atoms with Gasteiger partial charge in [-0.2, -0.15) is 0 Å². The Bertz CT molecular complexity index is 449. The Morgan fingerprint density at radius 2 is 1.75 bits per heavy atom.